The van der Waals surface area contributed by atoms with Gasteiger partial charge in [0, 0.05) is 6.54 Å². The molecule has 0 unspecified atom stereocenters. The molecule has 0 aliphatic carbocycles. The molecule has 1 aromatic carbocycles. The minimum atomic E-state index is -0.00322. The fraction of sp³-hybridized carbons (Fsp3) is 0.588. The second-order valence-corrected chi connectivity index (χ2v) is 6.20. The van der Waals surface area contributed by atoms with Crippen molar-refractivity contribution in [2.75, 3.05) is 26.2 Å². The Morgan fingerprint density at radius 2 is 1.91 bits per heavy atom. The number of amides is 1. The lowest BCUT2D eigenvalue weighted by Gasteiger charge is -2.19. The van der Waals surface area contributed by atoms with Crippen molar-refractivity contribution in [3.8, 4) is 0 Å². The van der Waals surface area contributed by atoms with Crippen LogP contribution in [0.3, 0.4) is 0 Å². The van der Waals surface area contributed by atoms with E-state index >= 15 is 0 Å². The average Bonchev–Trinajstić information content (AvgIpc) is 2.79. The second kappa shape index (κ2) is 8.06. The third kappa shape index (κ3) is 4.51. The van der Waals surface area contributed by atoms with Gasteiger partial charge in [0.05, 0.1) is 5.52 Å². The van der Waals surface area contributed by atoms with Gasteiger partial charge in [-0.25, -0.2) is 4.68 Å². The number of likely N-dealkylation sites (tertiary alicyclic amines) is 1. The summed E-state index contributed by atoms with van der Waals surface area (Å²) in [7, 11) is 0. The van der Waals surface area contributed by atoms with Crippen LogP contribution in [0.1, 0.15) is 32.1 Å². The van der Waals surface area contributed by atoms with Gasteiger partial charge >= 0.3 is 0 Å². The SMILES string of the molecule is O=C(Cn1nnc2ccccc21)NCCCN1CCCCCC1. The van der Waals surface area contributed by atoms with E-state index in [1.165, 1.54) is 38.8 Å². The molecule has 0 spiro atoms. The van der Waals surface area contributed by atoms with Crippen molar-refractivity contribution in [3.05, 3.63) is 24.3 Å². The Bertz CT molecular complexity index is 631. The Morgan fingerprint density at radius 3 is 2.74 bits per heavy atom. The van der Waals surface area contributed by atoms with Crippen LogP contribution in [-0.4, -0.2) is 52.0 Å². The normalized spacial score (nSPS) is 16.3. The molecule has 23 heavy (non-hydrogen) atoms. The summed E-state index contributed by atoms with van der Waals surface area (Å²) in [5.74, 6) is -0.00322. The van der Waals surface area contributed by atoms with Crippen LogP contribution < -0.4 is 5.32 Å². The summed E-state index contributed by atoms with van der Waals surface area (Å²) >= 11 is 0. The number of carbonyl (C=O) groups is 1. The first-order valence-electron chi connectivity index (χ1n) is 8.60. The summed E-state index contributed by atoms with van der Waals surface area (Å²) in [4.78, 5) is 14.6. The summed E-state index contributed by atoms with van der Waals surface area (Å²) in [6.45, 7) is 4.44. The lowest BCUT2D eigenvalue weighted by Crippen LogP contribution is -2.32. The molecule has 1 aliphatic rings. The minimum Gasteiger partial charge on any atom is -0.354 e. The number of aromatic nitrogens is 3. The highest BCUT2D eigenvalue weighted by Crippen LogP contribution is 2.10. The van der Waals surface area contributed by atoms with E-state index in [1.807, 2.05) is 24.3 Å². The van der Waals surface area contributed by atoms with Gasteiger partial charge in [0.2, 0.25) is 5.91 Å². The number of benzene rings is 1. The maximum absolute atomic E-state index is 12.0. The third-order valence-corrected chi connectivity index (χ3v) is 4.39. The average molecular weight is 315 g/mol. The van der Waals surface area contributed by atoms with Gasteiger partial charge in [0.25, 0.3) is 0 Å². The number of rotatable bonds is 6. The Balaban J connectivity index is 1.39. The van der Waals surface area contributed by atoms with E-state index in [-0.39, 0.29) is 12.5 Å². The molecule has 124 valence electrons. The van der Waals surface area contributed by atoms with Crippen LogP contribution in [-0.2, 0) is 11.3 Å². The van der Waals surface area contributed by atoms with Crippen LogP contribution >= 0.6 is 0 Å². The lowest BCUT2D eigenvalue weighted by molar-refractivity contribution is -0.121. The molecule has 1 saturated heterocycles. The molecule has 3 rings (SSSR count). The smallest absolute Gasteiger partial charge is 0.241 e. The molecule has 0 radical (unpaired) electrons. The number of nitrogens with zero attached hydrogens (tertiary/aromatic N) is 4. The van der Waals surface area contributed by atoms with Crippen molar-refractivity contribution >= 4 is 16.9 Å². The zero-order valence-corrected chi connectivity index (χ0v) is 13.6. The molecule has 1 fully saturated rings. The Kier molecular flexibility index (Phi) is 5.58. The molecule has 6 nitrogen and oxygen atoms in total. The minimum absolute atomic E-state index is 0.00322. The summed E-state index contributed by atoms with van der Waals surface area (Å²) in [5.41, 5.74) is 1.72. The predicted octanol–water partition coefficient (Wildman–Crippen LogP) is 1.81. The Hall–Kier alpha value is -1.95. The molecule has 2 heterocycles. The molecular weight excluding hydrogens is 290 g/mol. The van der Waals surface area contributed by atoms with Gasteiger partial charge in [-0.05, 0) is 51.0 Å². The topological polar surface area (TPSA) is 63.1 Å². The molecule has 1 aromatic heterocycles. The molecule has 1 N–H and O–H groups in total. The van der Waals surface area contributed by atoms with E-state index in [2.05, 4.69) is 20.5 Å². The standard InChI is InChI=1S/C17H25N5O/c23-17(14-22-16-9-4-3-8-15(16)19-20-22)18-10-7-13-21-11-5-1-2-6-12-21/h3-4,8-9H,1-2,5-7,10-14H2,(H,18,23). The van der Waals surface area contributed by atoms with Crippen molar-refractivity contribution in [3.63, 3.8) is 0 Å². The van der Waals surface area contributed by atoms with Crippen LogP contribution in [0.25, 0.3) is 11.0 Å². The molecule has 0 saturated carbocycles. The van der Waals surface area contributed by atoms with Gasteiger partial charge < -0.3 is 10.2 Å². The molecule has 2 aromatic rings. The number of hydrogen-bond acceptors (Lipinski definition) is 4. The number of carbonyl (C=O) groups excluding carboxylic acids is 1. The van der Waals surface area contributed by atoms with E-state index in [9.17, 15) is 4.79 Å². The largest absolute Gasteiger partial charge is 0.354 e. The van der Waals surface area contributed by atoms with Crippen molar-refractivity contribution < 1.29 is 4.79 Å². The van der Waals surface area contributed by atoms with Gasteiger partial charge in [-0.1, -0.05) is 30.2 Å². The van der Waals surface area contributed by atoms with Crippen molar-refractivity contribution in [2.45, 2.75) is 38.6 Å². The number of nitrogens with one attached hydrogen (secondary N) is 1. The second-order valence-electron chi connectivity index (χ2n) is 6.20. The predicted molar refractivity (Wildman–Crippen MR) is 90.1 cm³/mol. The van der Waals surface area contributed by atoms with Crippen LogP contribution in [0.4, 0.5) is 0 Å². The highest BCUT2D eigenvalue weighted by Gasteiger charge is 2.10. The third-order valence-electron chi connectivity index (χ3n) is 4.39. The van der Waals surface area contributed by atoms with Crippen molar-refractivity contribution in [2.24, 2.45) is 0 Å². The molecular formula is C17H25N5O. The van der Waals surface area contributed by atoms with Gasteiger partial charge in [0.1, 0.15) is 12.1 Å². The summed E-state index contributed by atoms with van der Waals surface area (Å²) in [5, 5.41) is 11.1. The Morgan fingerprint density at radius 1 is 1.13 bits per heavy atom. The van der Waals surface area contributed by atoms with Gasteiger partial charge in [-0.15, -0.1) is 5.10 Å². The van der Waals surface area contributed by atoms with Crippen LogP contribution in [0.5, 0.6) is 0 Å². The zero-order valence-electron chi connectivity index (χ0n) is 13.6. The molecule has 6 heteroatoms. The van der Waals surface area contributed by atoms with E-state index in [1.54, 1.807) is 4.68 Å². The Labute approximate surface area is 136 Å². The van der Waals surface area contributed by atoms with Gasteiger partial charge in [0.15, 0.2) is 0 Å². The van der Waals surface area contributed by atoms with E-state index in [0.717, 1.165) is 30.5 Å². The lowest BCUT2D eigenvalue weighted by atomic mass is 10.2. The van der Waals surface area contributed by atoms with Gasteiger partial charge in [-0.3, -0.25) is 4.79 Å². The van der Waals surface area contributed by atoms with E-state index in [4.69, 9.17) is 0 Å². The fourth-order valence-electron chi connectivity index (χ4n) is 3.12. The van der Waals surface area contributed by atoms with Crippen LogP contribution in [0.15, 0.2) is 24.3 Å². The van der Waals surface area contributed by atoms with E-state index in [0.29, 0.717) is 0 Å². The monoisotopic (exact) mass is 315 g/mol. The molecule has 0 bridgehead atoms. The highest BCUT2D eigenvalue weighted by atomic mass is 16.2. The molecule has 1 aliphatic heterocycles. The quantitative estimate of drug-likeness (QED) is 0.826. The molecule has 0 atom stereocenters. The molecule has 1 amide bonds. The first-order chi connectivity index (χ1) is 11.3. The number of para-hydroxylation sites is 1. The summed E-state index contributed by atoms with van der Waals surface area (Å²) < 4.78 is 1.65. The first-order valence-corrected chi connectivity index (χ1v) is 8.60. The zero-order chi connectivity index (χ0) is 15.9. The van der Waals surface area contributed by atoms with Crippen molar-refractivity contribution in [1.82, 2.24) is 25.2 Å². The van der Waals surface area contributed by atoms with E-state index < -0.39 is 0 Å². The highest BCUT2D eigenvalue weighted by molar-refractivity contribution is 5.79. The van der Waals surface area contributed by atoms with Crippen LogP contribution in [0, 0.1) is 0 Å². The number of fused-ring (bicyclic) bond motifs is 1. The number of hydrogen-bond donors (Lipinski definition) is 1. The maximum Gasteiger partial charge on any atom is 0.241 e. The summed E-state index contributed by atoms with van der Waals surface area (Å²) in [6.07, 6.45) is 6.35. The summed E-state index contributed by atoms with van der Waals surface area (Å²) in [6, 6.07) is 7.69. The fourth-order valence-corrected chi connectivity index (χ4v) is 3.12. The first kappa shape index (κ1) is 15.9. The van der Waals surface area contributed by atoms with Gasteiger partial charge in [-0.2, -0.15) is 0 Å². The van der Waals surface area contributed by atoms with Crippen molar-refractivity contribution in [1.29, 1.82) is 0 Å². The van der Waals surface area contributed by atoms with Crippen LogP contribution in [0.2, 0.25) is 0 Å². The maximum atomic E-state index is 12.0.